The van der Waals surface area contributed by atoms with Gasteiger partial charge < -0.3 is 5.11 Å². The third kappa shape index (κ3) is 2.90. The molecule has 2 rings (SSSR count). The van der Waals surface area contributed by atoms with Crippen molar-refractivity contribution in [1.82, 2.24) is 4.98 Å². The summed E-state index contributed by atoms with van der Waals surface area (Å²) in [5.74, 6) is -1.07. The first-order valence-corrected chi connectivity index (χ1v) is 7.00. The fraction of sp³-hybridized carbons (Fsp3) is 0.0714. The van der Waals surface area contributed by atoms with Gasteiger partial charge in [0.05, 0.1) is 27.0 Å². The fourth-order valence-corrected chi connectivity index (χ4v) is 3.02. The highest BCUT2D eigenvalue weighted by molar-refractivity contribution is 7.84. The van der Waals surface area contributed by atoms with E-state index in [0.29, 0.717) is 5.56 Å². The second-order valence-electron chi connectivity index (χ2n) is 3.91. The molecule has 1 N–H and O–H groups in total. The summed E-state index contributed by atoms with van der Waals surface area (Å²) in [5.41, 5.74) is 0.746. The number of carbonyl (C=O) groups is 1. The van der Waals surface area contributed by atoms with Crippen LogP contribution in [0.15, 0.2) is 47.5 Å². The van der Waals surface area contributed by atoms with Crippen LogP contribution in [0.5, 0.6) is 0 Å². The van der Waals surface area contributed by atoms with Crippen LogP contribution >= 0.6 is 0 Å². The van der Waals surface area contributed by atoms with E-state index in [1.54, 1.807) is 24.3 Å². The summed E-state index contributed by atoms with van der Waals surface area (Å²) in [6.07, 6.45) is 1.48. The van der Waals surface area contributed by atoms with Crippen molar-refractivity contribution in [3.8, 4) is 6.07 Å². The molecule has 5 nitrogen and oxygen atoms in total. The van der Waals surface area contributed by atoms with E-state index < -0.39 is 16.8 Å². The van der Waals surface area contributed by atoms with Gasteiger partial charge in [0, 0.05) is 11.8 Å². The van der Waals surface area contributed by atoms with Crippen LogP contribution in [0.1, 0.15) is 21.6 Å². The van der Waals surface area contributed by atoms with Crippen LogP contribution in [0.2, 0.25) is 0 Å². The summed E-state index contributed by atoms with van der Waals surface area (Å²) >= 11 is 0. The number of rotatable bonds is 4. The van der Waals surface area contributed by atoms with Crippen molar-refractivity contribution in [1.29, 1.82) is 5.26 Å². The second-order valence-corrected chi connectivity index (χ2v) is 5.33. The molecule has 0 saturated heterocycles. The maximum Gasteiger partial charge on any atom is 0.336 e. The molecule has 0 aliphatic heterocycles. The highest BCUT2D eigenvalue weighted by Gasteiger charge is 2.16. The van der Waals surface area contributed by atoms with E-state index in [9.17, 15) is 9.00 Å². The van der Waals surface area contributed by atoms with Crippen molar-refractivity contribution in [3.05, 3.63) is 59.4 Å². The Morgan fingerprint density at radius 2 is 2.05 bits per heavy atom. The number of benzene rings is 1. The molecule has 1 unspecified atom stereocenters. The zero-order chi connectivity index (χ0) is 14.5. The zero-order valence-electron chi connectivity index (χ0n) is 10.3. The first kappa shape index (κ1) is 13.9. The van der Waals surface area contributed by atoms with Gasteiger partial charge in [0.1, 0.15) is 11.8 Å². The summed E-state index contributed by atoms with van der Waals surface area (Å²) in [7, 11) is -1.55. The monoisotopic (exact) mass is 286 g/mol. The molecule has 100 valence electrons. The van der Waals surface area contributed by atoms with Crippen LogP contribution in [-0.2, 0) is 16.6 Å². The number of nitriles is 1. The molecule has 1 heterocycles. The SMILES string of the molecule is N#Cc1ncccc1CS(=O)c1ccccc1C(=O)O. The number of aromatic carboxylic acids is 1. The maximum absolute atomic E-state index is 12.3. The van der Waals surface area contributed by atoms with Crippen LogP contribution in [0.25, 0.3) is 0 Å². The first-order valence-electron chi connectivity index (χ1n) is 5.68. The molecular formula is C14H10N2O3S. The molecule has 0 aliphatic rings. The molecule has 0 fully saturated rings. The number of hydrogen-bond acceptors (Lipinski definition) is 4. The molecule has 0 radical (unpaired) electrons. The Bertz CT molecular complexity index is 722. The van der Waals surface area contributed by atoms with E-state index in [2.05, 4.69) is 4.98 Å². The lowest BCUT2D eigenvalue weighted by Crippen LogP contribution is -2.06. The Hall–Kier alpha value is -2.52. The number of carboxylic acids is 1. The molecular weight excluding hydrogens is 276 g/mol. The van der Waals surface area contributed by atoms with Crippen molar-refractivity contribution >= 4 is 16.8 Å². The van der Waals surface area contributed by atoms with Crippen molar-refractivity contribution in [3.63, 3.8) is 0 Å². The smallest absolute Gasteiger partial charge is 0.336 e. The largest absolute Gasteiger partial charge is 0.478 e. The standard InChI is InChI=1S/C14H10N2O3S/c15-8-12-10(4-3-7-16-12)9-20(19)13-6-2-1-5-11(13)14(17)18/h1-7H,9H2,(H,17,18). The van der Waals surface area contributed by atoms with Crippen molar-refractivity contribution in [2.75, 3.05) is 0 Å². The topological polar surface area (TPSA) is 91.0 Å². The van der Waals surface area contributed by atoms with Gasteiger partial charge in [-0.3, -0.25) is 4.21 Å². The van der Waals surface area contributed by atoms with E-state index in [4.69, 9.17) is 10.4 Å². The molecule has 20 heavy (non-hydrogen) atoms. The van der Waals surface area contributed by atoms with Crippen LogP contribution in [0.3, 0.4) is 0 Å². The maximum atomic E-state index is 12.3. The highest BCUT2D eigenvalue weighted by atomic mass is 32.2. The number of pyridine rings is 1. The van der Waals surface area contributed by atoms with Crippen LogP contribution < -0.4 is 0 Å². The molecule has 2 aromatic rings. The Morgan fingerprint density at radius 1 is 1.30 bits per heavy atom. The predicted molar refractivity (Wildman–Crippen MR) is 72.5 cm³/mol. The van der Waals surface area contributed by atoms with E-state index >= 15 is 0 Å². The summed E-state index contributed by atoms with van der Waals surface area (Å²) in [6, 6.07) is 11.4. The van der Waals surface area contributed by atoms with Crippen LogP contribution in [0, 0.1) is 11.3 Å². The second kappa shape index (κ2) is 6.08. The Balaban J connectivity index is 2.34. The van der Waals surface area contributed by atoms with Gasteiger partial charge in [0.2, 0.25) is 0 Å². The number of aromatic nitrogens is 1. The van der Waals surface area contributed by atoms with Crippen molar-refractivity contribution in [2.45, 2.75) is 10.6 Å². The van der Waals surface area contributed by atoms with E-state index in [1.165, 1.54) is 18.3 Å². The molecule has 0 aliphatic carbocycles. The van der Waals surface area contributed by atoms with Gasteiger partial charge in [-0.2, -0.15) is 5.26 Å². The number of hydrogen-bond donors (Lipinski definition) is 1. The molecule has 0 saturated carbocycles. The van der Waals surface area contributed by atoms with Gasteiger partial charge in [-0.05, 0) is 18.2 Å². The average molecular weight is 286 g/mol. The molecule has 0 spiro atoms. The van der Waals surface area contributed by atoms with Gasteiger partial charge in [-0.15, -0.1) is 0 Å². The summed E-state index contributed by atoms with van der Waals surface area (Å²) in [4.78, 5) is 15.2. The minimum absolute atomic E-state index is 0.00762. The Morgan fingerprint density at radius 3 is 2.75 bits per heavy atom. The van der Waals surface area contributed by atoms with Crippen LogP contribution in [0.4, 0.5) is 0 Å². The van der Waals surface area contributed by atoms with Crippen molar-refractivity contribution in [2.24, 2.45) is 0 Å². The van der Waals surface area contributed by atoms with E-state index in [-0.39, 0.29) is 21.9 Å². The third-order valence-electron chi connectivity index (χ3n) is 2.65. The van der Waals surface area contributed by atoms with Gasteiger partial charge in [-0.1, -0.05) is 18.2 Å². The normalized spacial score (nSPS) is 11.6. The first-order chi connectivity index (χ1) is 9.63. The Labute approximate surface area is 118 Å². The quantitative estimate of drug-likeness (QED) is 0.927. The molecule has 0 amide bonds. The molecule has 0 bridgehead atoms. The van der Waals surface area contributed by atoms with Gasteiger partial charge in [-0.25, -0.2) is 9.78 Å². The van der Waals surface area contributed by atoms with Crippen molar-refractivity contribution < 1.29 is 14.1 Å². The summed E-state index contributed by atoms with van der Waals surface area (Å²) < 4.78 is 12.3. The lowest BCUT2D eigenvalue weighted by atomic mass is 10.2. The van der Waals surface area contributed by atoms with E-state index in [1.807, 2.05) is 6.07 Å². The lowest BCUT2D eigenvalue weighted by molar-refractivity contribution is 0.0693. The minimum atomic E-state index is -1.55. The highest BCUT2D eigenvalue weighted by Crippen LogP contribution is 2.18. The molecule has 1 aromatic heterocycles. The molecule has 6 heteroatoms. The fourth-order valence-electron chi connectivity index (χ4n) is 1.72. The van der Waals surface area contributed by atoms with Gasteiger partial charge in [0.25, 0.3) is 0 Å². The minimum Gasteiger partial charge on any atom is -0.478 e. The predicted octanol–water partition coefficient (Wildman–Crippen LogP) is 1.96. The van der Waals surface area contributed by atoms with E-state index in [0.717, 1.165) is 0 Å². The van der Waals surface area contributed by atoms with Gasteiger partial charge >= 0.3 is 5.97 Å². The van der Waals surface area contributed by atoms with Gasteiger partial charge in [0.15, 0.2) is 0 Å². The lowest BCUT2D eigenvalue weighted by Gasteiger charge is -2.06. The third-order valence-corrected chi connectivity index (χ3v) is 4.07. The zero-order valence-corrected chi connectivity index (χ0v) is 11.1. The Kier molecular flexibility index (Phi) is 4.23. The summed E-state index contributed by atoms with van der Waals surface area (Å²) in [5, 5.41) is 18.0. The molecule has 1 atom stereocenters. The molecule has 1 aromatic carbocycles. The average Bonchev–Trinajstić information content (AvgIpc) is 2.47. The van der Waals surface area contributed by atoms with Crippen LogP contribution in [-0.4, -0.2) is 20.3 Å². The number of carboxylic acid groups (broad SMARTS) is 1. The summed E-state index contributed by atoms with van der Waals surface area (Å²) in [6.45, 7) is 0. The number of nitrogens with zero attached hydrogens (tertiary/aromatic N) is 2.